The lowest BCUT2D eigenvalue weighted by atomic mass is 9.78. The highest BCUT2D eigenvalue weighted by atomic mass is 35.5. The molecule has 0 spiro atoms. The predicted molar refractivity (Wildman–Crippen MR) is 90.2 cm³/mol. The van der Waals surface area contributed by atoms with E-state index in [1.165, 1.54) is 19.3 Å². The minimum atomic E-state index is -0.0967. The fourth-order valence-electron chi connectivity index (χ4n) is 3.64. The second-order valence-corrected chi connectivity index (χ2v) is 7.51. The molecule has 1 heterocycles. The molecule has 1 aromatic heterocycles. The average molecular weight is 325 g/mol. The van der Waals surface area contributed by atoms with Crippen LogP contribution in [0.2, 0.25) is 5.02 Å². The Balaban J connectivity index is 2.17. The maximum atomic E-state index is 6.41. The van der Waals surface area contributed by atoms with E-state index < -0.39 is 0 Å². The van der Waals surface area contributed by atoms with Crippen LogP contribution in [0.25, 0.3) is 11.0 Å². The summed E-state index contributed by atoms with van der Waals surface area (Å²) >= 11 is 12.5. The van der Waals surface area contributed by atoms with Crippen LogP contribution in [0.4, 0.5) is 0 Å². The van der Waals surface area contributed by atoms with E-state index in [1.807, 2.05) is 19.1 Å². The lowest BCUT2D eigenvalue weighted by Crippen LogP contribution is -2.28. The van der Waals surface area contributed by atoms with Gasteiger partial charge in [0.15, 0.2) is 0 Å². The van der Waals surface area contributed by atoms with Gasteiger partial charge in [0.05, 0.1) is 16.4 Å². The number of benzene rings is 1. The molecule has 2 aromatic rings. The summed E-state index contributed by atoms with van der Waals surface area (Å²) in [4.78, 5) is 4.75. The zero-order chi connectivity index (χ0) is 15.1. The summed E-state index contributed by atoms with van der Waals surface area (Å²) in [6.07, 6.45) is 3.80. The van der Waals surface area contributed by atoms with Crippen molar-refractivity contribution in [2.75, 3.05) is 0 Å². The molecule has 4 unspecified atom stereocenters. The van der Waals surface area contributed by atoms with Gasteiger partial charge in [-0.1, -0.05) is 38.3 Å². The Morgan fingerprint density at radius 2 is 2.05 bits per heavy atom. The Morgan fingerprint density at radius 3 is 2.76 bits per heavy atom. The third-order valence-corrected chi connectivity index (χ3v) is 5.46. The molecule has 1 aliphatic rings. The van der Waals surface area contributed by atoms with Crippen LogP contribution < -0.4 is 0 Å². The van der Waals surface area contributed by atoms with Crippen molar-refractivity contribution in [3.05, 3.63) is 29.0 Å². The van der Waals surface area contributed by atoms with Crippen molar-refractivity contribution in [1.29, 1.82) is 0 Å². The summed E-state index contributed by atoms with van der Waals surface area (Å²) in [6.45, 7) is 6.72. The Kier molecular flexibility index (Phi) is 4.20. The summed E-state index contributed by atoms with van der Waals surface area (Å²) in [6, 6.07) is 6.45. The van der Waals surface area contributed by atoms with Crippen molar-refractivity contribution < 1.29 is 0 Å². The van der Waals surface area contributed by atoms with Crippen molar-refractivity contribution in [1.82, 2.24) is 9.55 Å². The molecule has 0 saturated heterocycles. The second-order valence-electron chi connectivity index (χ2n) is 6.42. The van der Waals surface area contributed by atoms with Gasteiger partial charge in [-0.2, -0.15) is 0 Å². The summed E-state index contributed by atoms with van der Waals surface area (Å²) in [7, 11) is 0. The number of halogens is 2. The maximum Gasteiger partial charge on any atom is 0.127 e. The Hall–Kier alpha value is -0.730. The van der Waals surface area contributed by atoms with E-state index in [9.17, 15) is 0 Å². The smallest absolute Gasteiger partial charge is 0.127 e. The third-order valence-electron chi connectivity index (χ3n) is 5.03. The normalized spacial score (nSPS) is 28.0. The van der Waals surface area contributed by atoms with Gasteiger partial charge in [0.25, 0.3) is 0 Å². The minimum Gasteiger partial charge on any atom is -0.323 e. The van der Waals surface area contributed by atoms with Gasteiger partial charge in [-0.25, -0.2) is 4.98 Å². The zero-order valence-electron chi connectivity index (χ0n) is 12.8. The molecule has 114 valence electrons. The molecule has 0 aliphatic heterocycles. The number of aromatic nitrogens is 2. The van der Waals surface area contributed by atoms with Gasteiger partial charge in [-0.3, -0.25) is 0 Å². The van der Waals surface area contributed by atoms with Gasteiger partial charge in [-0.15, -0.1) is 11.6 Å². The van der Waals surface area contributed by atoms with Gasteiger partial charge in [0.2, 0.25) is 0 Å². The first kappa shape index (κ1) is 15.2. The van der Waals surface area contributed by atoms with Gasteiger partial charge >= 0.3 is 0 Å². The van der Waals surface area contributed by atoms with Gasteiger partial charge in [0, 0.05) is 11.1 Å². The Morgan fingerprint density at radius 1 is 1.29 bits per heavy atom. The number of rotatable bonds is 2. The lowest BCUT2D eigenvalue weighted by molar-refractivity contribution is 0.186. The van der Waals surface area contributed by atoms with Crippen LogP contribution in [0, 0.1) is 11.8 Å². The monoisotopic (exact) mass is 324 g/mol. The van der Waals surface area contributed by atoms with Crippen LogP contribution >= 0.6 is 23.2 Å². The first-order valence-corrected chi connectivity index (χ1v) is 8.62. The molecular formula is C17H22Cl2N2. The van der Waals surface area contributed by atoms with E-state index in [2.05, 4.69) is 24.5 Å². The predicted octanol–water partition coefficient (Wildman–Crippen LogP) is 5.99. The molecule has 0 amide bonds. The largest absolute Gasteiger partial charge is 0.323 e. The van der Waals surface area contributed by atoms with E-state index in [1.54, 1.807) is 0 Å². The highest BCUT2D eigenvalue weighted by molar-refractivity contribution is 6.31. The van der Waals surface area contributed by atoms with E-state index in [0.717, 1.165) is 27.8 Å². The maximum absolute atomic E-state index is 6.41. The molecule has 0 radical (unpaired) electrons. The Labute approximate surface area is 136 Å². The van der Waals surface area contributed by atoms with E-state index in [0.29, 0.717) is 12.0 Å². The third kappa shape index (κ3) is 2.68. The number of fused-ring (bicyclic) bond motifs is 1. The average Bonchev–Trinajstić information content (AvgIpc) is 2.80. The Bertz CT molecular complexity index is 648. The zero-order valence-corrected chi connectivity index (χ0v) is 14.3. The standard InChI is InChI=1S/C17H22Cl2N2/c1-10-5-4-6-15(11(10)2)21-16-8-7-13(19)9-14(16)20-17(21)12(3)18/h7-12,15H,4-6H2,1-3H3. The van der Waals surface area contributed by atoms with Crippen molar-refractivity contribution >= 4 is 34.2 Å². The van der Waals surface area contributed by atoms with Crippen LogP contribution in [0.1, 0.15) is 57.3 Å². The highest BCUT2D eigenvalue weighted by Crippen LogP contribution is 2.41. The fourth-order valence-corrected chi connectivity index (χ4v) is 3.96. The topological polar surface area (TPSA) is 17.8 Å². The SMILES string of the molecule is CC(Cl)c1nc2cc(Cl)ccc2n1C1CCCC(C)C1C. The minimum absolute atomic E-state index is 0.0967. The van der Waals surface area contributed by atoms with Gasteiger partial charge < -0.3 is 4.57 Å². The second kappa shape index (κ2) is 5.81. The van der Waals surface area contributed by atoms with Crippen LogP contribution in [-0.2, 0) is 0 Å². The molecule has 1 saturated carbocycles. The molecule has 1 aromatic carbocycles. The summed E-state index contributed by atoms with van der Waals surface area (Å²) in [5.41, 5.74) is 2.11. The number of hydrogen-bond donors (Lipinski definition) is 0. The molecule has 4 heteroatoms. The number of nitrogens with zero attached hydrogens (tertiary/aromatic N) is 2. The molecule has 1 fully saturated rings. The molecular weight excluding hydrogens is 303 g/mol. The van der Waals surface area contributed by atoms with Gasteiger partial charge in [-0.05, 0) is 43.4 Å². The first-order valence-electron chi connectivity index (χ1n) is 7.80. The lowest BCUT2D eigenvalue weighted by Gasteiger charge is -2.36. The summed E-state index contributed by atoms with van der Waals surface area (Å²) in [5, 5.41) is 0.631. The van der Waals surface area contributed by atoms with Crippen LogP contribution in [0.15, 0.2) is 18.2 Å². The molecule has 2 nitrogen and oxygen atoms in total. The van der Waals surface area contributed by atoms with Gasteiger partial charge in [0.1, 0.15) is 5.82 Å². The van der Waals surface area contributed by atoms with E-state index in [4.69, 9.17) is 28.2 Å². The van der Waals surface area contributed by atoms with Crippen LogP contribution in [0.3, 0.4) is 0 Å². The summed E-state index contributed by atoms with van der Waals surface area (Å²) < 4.78 is 2.38. The van der Waals surface area contributed by atoms with Crippen molar-refractivity contribution in [3.8, 4) is 0 Å². The van der Waals surface area contributed by atoms with Crippen molar-refractivity contribution in [2.24, 2.45) is 11.8 Å². The van der Waals surface area contributed by atoms with Crippen LogP contribution in [-0.4, -0.2) is 9.55 Å². The molecule has 1 aliphatic carbocycles. The van der Waals surface area contributed by atoms with E-state index in [-0.39, 0.29) is 5.38 Å². The number of imidazole rings is 1. The fraction of sp³-hybridized carbons (Fsp3) is 0.588. The summed E-state index contributed by atoms with van der Waals surface area (Å²) in [5.74, 6) is 2.35. The number of alkyl halides is 1. The highest BCUT2D eigenvalue weighted by Gasteiger charge is 2.31. The first-order chi connectivity index (χ1) is 9.99. The van der Waals surface area contributed by atoms with E-state index >= 15 is 0 Å². The van der Waals surface area contributed by atoms with Crippen molar-refractivity contribution in [2.45, 2.75) is 51.5 Å². The molecule has 3 rings (SSSR count). The molecule has 21 heavy (non-hydrogen) atoms. The molecule has 0 bridgehead atoms. The molecule has 4 atom stereocenters. The van der Waals surface area contributed by atoms with Crippen molar-refractivity contribution in [3.63, 3.8) is 0 Å². The molecule has 0 N–H and O–H groups in total. The van der Waals surface area contributed by atoms with Crippen LogP contribution in [0.5, 0.6) is 0 Å². The quantitative estimate of drug-likeness (QED) is 0.620. The number of hydrogen-bond acceptors (Lipinski definition) is 1.